The Bertz CT molecular complexity index is 598. The standard InChI is InChI=1S/C15H20N4O2S/c1-21-13-6-4-12(5-7-13)10-19-11-14(17-18-19)15(20)16-8-3-9-22-2/h4-7,11H,3,8-10H2,1-2H3,(H,16,20). The largest absolute Gasteiger partial charge is 0.497 e. The van der Waals surface area contributed by atoms with Crippen LogP contribution in [0.25, 0.3) is 0 Å². The van der Waals surface area contributed by atoms with Gasteiger partial charge in [0.25, 0.3) is 5.91 Å². The Morgan fingerprint density at radius 3 is 2.82 bits per heavy atom. The third-order valence-electron chi connectivity index (χ3n) is 3.09. The number of hydrogen-bond donors (Lipinski definition) is 1. The normalized spacial score (nSPS) is 10.5. The van der Waals surface area contributed by atoms with Crippen LogP contribution in [-0.4, -0.2) is 46.6 Å². The van der Waals surface area contributed by atoms with E-state index >= 15 is 0 Å². The van der Waals surface area contributed by atoms with Crippen molar-refractivity contribution >= 4 is 17.7 Å². The quantitative estimate of drug-likeness (QED) is 0.751. The lowest BCUT2D eigenvalue weighted by molar-refractivity contribution is 0.0948. The predicted octanol–water partition coefficient (Wildman–Crippen LogP) is 1.82. The lowest BCUT2D eigenvalue weighted by Gasteiger charge is -2.03. The Hall–Kier alpha value is -2.02. The summed E-state index contributed by atoms with van der Waals surface area (Å²) in [6.45, 7) is 1.22. The van der Waals surface area contributed by atoms with E-state index in [1.807, 2.05) is 30.5 Å². The number of ether oxygens (including phenoxy) is 1. The topological polar surface area (TPSA) is 69.0 Å². The first kappa shape index (κ1) is 16.4. The van der Waals surface area contributed by atoms with Gasteiger partial charge in [0.05, 0.1) is 19.9 Å². The van der Waals surface area contributed by atoms with E-state index in [1.54, 1.807) is 29.8 Å². The average Bonchev–Trinajstić information content (AvgIpc) is 3.01. The SMILES string of the molecule is COc1ccc(Cn2cc(C(=O)NCCCSC)nn2)cc1. The number of carbonyl (C=O) groups is 1. The Kier molecular flexibility index (Phi) is 6.27. The maximum atomic E-state index is 11.9. The van der Waals surface area contributed by atoms with E-state index in [0.717, 1.165) is 23.5 Å². The molecule has 1 N–H and O–H groups in total. The van der Waals surface area contributed by atoms with E-state index in [-0.39, 0.29) is 5.91 Å². The highest BCUT2D eigenvalue weighted by Gasteiger charge is 2.10. The molecule has 0 aliphatic rings. The summed E-state index contributed by atoms with van der Waals surface area (Å²) in [6.07, 6.45) is 4.66. The fourth-order valence-corrected chi connectivity index (χ4v) is 2.34. The van der Waals surface area contributed by atoms with Gasteiger partial charge in [-0.05, 0) is 36.1 Å². The van der Waals surface area contributed by atoms with Gasteiger partial charge in [0.2, 0.25) is 0 Å². The van der Waals surface area contributed by atoms with Crippen LogP contribution < -0.4 is 10.1 Å². The Labute approximate surface area is 134 Å². The van der Waals surface area contributed by atoms with Gasteiger partial charge in [0.15, 0.2) is 5.69 Å². The van der Waals surface area contributed by atoms with Crippen molar-refractivity contribution in [2.45, 2.75) is 13.0 Å². The molecule has 0 fully saturated rings. The van der Waals surface area contributed by atoms with Crippen LogP contribution in [0.2, 0.25) is 0 Å². The highest BCUT2D eigenvalue weighted by Crippen LogP contribution is 2.12. The van der Waals surface area contributed by atoms with Gasteiger partial charge < -0.3 is 10.1 Å². The summed E-state index contributed by atoms with van der Waals surface area (Å²) in [6, 6.07) is 7.71. The first-order chi connectivity index (χ1) is 10.7. The van der Waals surface area contributed by atoms with Crippen LogP contribution >= 0.6 is 11.8 Å². The molecule has 1 amide bonds. The third-order valence-corrected chi connectivity index (χ3v) is 3.78. The van der Waals surface area contributed by atoms with Crippen molar-refractivity contribution in [1.82, 2.24) is 20.3 Å². The van der Waals surface area contributed by atoms with Crippen molar-refractivity contribution in [2.24, 2.45) is 0 Å². The lowest BCUT2D eigenvalue weighted by Crippen LogP contribution is -2.25. The second-order valence-electron chi connectivity index (χ2n) is 4.75. The summed E-state index contributed by atoms with van der Waals surface area (Å²) in [5, 5.41) is 10.7. The molecule has 1 heterocycles. The molecule has 2 aromatic rings. The first-order valence-corrected chi connectivity index (χ1v) is 8.42. The molecule has 1 aromatic carbocycles. The molecule has 7 heteroatoms. The molecule has 0 aliphatic heterocycles. The van der Waals surface area contributed by atoms with E-state index < -0.39 is 0 Å². The molecule has 118 valence electrons. The van der Waals surface area contributed by atoms with Crippen LogP contribution in [0, 0.1) is 0 Å². The minimum absolute atomic E-state index is 0.179. The Morgan fingerprint density at radius 2 is 2.14 bits per heavy atom. The summed E-state index contributed by atoms with van der Waals surface area (Å²) in [5.74, 6) is 1.67. The highest BCUT2D eigenvalue weighted by atomic mass is 32.2. The van der Waals surface area contributed by atoms with Crippen molar-refractivity contribution in [3.05, 3.63) is 41.7 Å². The number of aromatic nitrogens is 3. The fourth-order valence-electron chi connectivity index (χ4n) is 1.91. The number of amides is 1. The number of methoxy groups -OCH3 is 1. The van der Waals surface area contributed by atoms with Gasteiger partial charge in [0.1, 0.15) is 5.75 Å². The van der Waals surface area contributed by atoms with E-state index in [9.17, 15) is 4.79 Å². The molecule has 0 radical (unpaired) electrons. The Morgan fingerprint density at radius 1 is 1.36 bits per heavy atom. The summed E-state index contributed by atoms with van der Waals surface area (Å²) >= 11 is 1.76. The second-order valence-corrected chi connectivity index (χ2v) is 5.74. The monoisotopic (exact) mass is 320 g/mol. The molecule has 0 saturated carbocycles. The zero-order valence-electron chi connectivity index (χ0n) is 12.8. The predicted molar refractivity (Wildman–Crippen MR) is 87.5 cm³/mol. The van der Waals surface area contributed by atoms with E-state index in [4.69, 9.17) is 4.74 Å². The van der Waals surface area contributed by atoms with Crippen molar-refractivity contribution in [1.29, 1.82) is 0 Å². The first-order valence-electron chi connectivity index (χ1n) is 7.03. The molecular weight excluding hydrogens is 300 g/mol. The van der Waals surface area contributed by atoms with Crippen LogP contribution in [0.4, 0.5) is 0 Å². The van der Waals surface area contributed by atoms with E-state index in [2.05, 4.69) is 15.6 Å². The number of thioether (sulfide) groups is 1. The fraction of sp³-hybridized carbons (Fsp3) is 0.400. The number of benzene rings is 1. The molecule has 0 aliphatic carbocycles. The number of nitrogens with zero attached hydrogens (tertiary/aromatic N) is 3. The molecule has 0 saturated heterocycles. The number of nitrogens with one attached hydrogen (secondary N) is 1. The third kappa shape index (κ3) is 4.77. The van der Waals surface area contributed by atoms with Crippen LogP contribution in [0.1, 0.15) is 22.5 Å². The second kappa shape index (κ2) is 8.43. The summed E-state index contributed by atoms with van der Waals surface area (Å²) in [5.41, 5.74) is 1.41. The minimum atomic E-state index is -0.179. The van der Waals surface area contributed by atoms with Crippen LogP contribution in [0.5, 0.6) is 5.75 Å². The maximum Gasteiger partial charge on any atom is 0.273 e. The molecule has 0 atom stereocenters. The van der Waals surface area contributed by atoms with Crippen molar-refractivity contribution in [3.63, 3.8) is 0 Å². The van der Waals surface area contributed by atoms with Gasteiger partial charge in [-0.2, -0.15) is 11.8 Å². The summed E-state index contributed by atoms with van der Waals surface area (Å²) in [7, 11) is 1.64. The lowest BCUT2D eigenvalue weighted by atomic mass is 10.2. The highest BCUT2D eigenvalue weighted by molar-refractivity contribution is 7.98. The molecule has 0 spiro atoms. The van der Waals surface area contributed by atoms with E-state index in [1.165, 1.54) is 0 Å². The van der Waals surface area contributed by atoms with Gasteiger partial charge in [-0.15, -0.1) is 5.10 Å². The van der Waals surface area contributed by atoms with Gasteiger partial charge in [0, 0.05) is 6.54 Å². The average molecular weight is 320 g/mol. The van der Waals surface area contributed by atoms with Crippen LogP contribution in [0.15, 0.2) is 30.5 Å². The number of rotatable bonds is 8. The molecule has 6 nitrogen and oxygen atoms in total. The summed E-state index contributed by atoms with van der Waals surface area (Å²) in [4.78, 5) is 11.9. The molecular formula is C15H20N4O2S. The number of hydrogen-bond acceptors (Lipinski definition) is 5. The van der Waals surface area contributed by atoms with E-state index in [0.29, 0.717) is 18.8 Å². The minimum Gasteiger partial charge on any atom is -0.497 e. The Balaban J connectivity index is 1.88. The van der Waals surface area contributed by atoms with Crippen molar-refractivity contribution in [3.8, 4) is 5.75 Å². The zero-order valence-corrected chi connectivity index (χ0v) is 13.6. The van der Waals surface area contributed by atoms with Gasteiger partial charge in [-0.3, -0.25) is 4.79 Å². The maximum absolute atomic E-state index is 11.9. The molecule has 1 aromatic heterocycles. The van der Waals surface area contributed by atoms with Gasteiger partial charge >= 0.3 is 0 Å². The van der Waals surface area contributed by atoms with Crippen LogP contribution in [0.3, 0.4) is 0 Å². The van der Waals surface area contributed by atoms with Gasteiger partial charge in [-0.1, -0.05) is 17.3 Å². The molecule has 22 heavy (non-hydrogen) atoms. The summed E-state index contributed by atoms with van der Waals surface area (Å²) < 4.78 is 6.77. The van der Waals surface area contributed by atoms with Crippen molar-refractivity contribution in [2.75, 3.05) is 25.7 Å². The zero-order chi connectivity index (χ0) is 15.8. The molecule has 0 bridgehead atoms. The van der Waals surface area contributed by atoms with Crippen LogP contribution in [-0.2, 0) is 6.54 Å². The van der Waals surface area contributed by atoms with Crippen molar-refractivity contribution < 1.29 is 9.53 Å². The number of carbonyl (C=O) groups excluding carboxylic acids is 1. The molecule has 0 unspecified atom stereocenters. The smallest absolute Gasteiger partial charge is 0.273 e. The van der Waals surface area contributed by atoms with Gasteiger partial charge in [-0.25, -0.2) is 4.68 Å². The molecule has 2 rings (SSSR count).